The number of alkyl halides is 2. The topological polar surface area (TPSA) is 95.2 Å². The average Bonchev–Trinajstić information content (AvgIpc) is 3.83. The van der Waals surface area contributed by atoms with Crippen molar-refractivity contribution < 1.29 is 34.8 Å². The molecule has 2 unspecified atom stereocenters. The van der Waals surface area contributed by atoms with Crippen LogP contribution in [0, 0.1) is 17.6 Å². The van der Waals surface area contributed by atoms with Crippen molar-refractivity contribution in [3.63, 3.8) is 0 Å². The number of nitrogens with zero attached hydrogens (tertiary/aromatic N) is 5. The number of rotatable bonds is 8. The SMILES string of the molecule is C=C1c2cc3c(cc2C(=O)N1C1CCC(=O)NC1=O)CN(C1CCCN(CC2CCN(c4cc(F)c([C@@H]5c6[nH]c7ccccc7c6C[C@@H](C)N5CC(F)F)c(F)c4)CC2)CC1)C3.[HH].[HH]. The molecular formula is C48H57F4N7O3. The molecule has 2 N–H and O–H groups in total. The molecule has 3 aromatic carbocycles. The summed E-state index contributed by atoms with van der Waals surface area (Å²) in [5, 5.41) is 3.31. The Morgan fingerprint density at radius 3 is 2.34 bits per heavy atom. The number of H-pyrrole nitrogens is 1. The number of anilines is 1. The maximum absolute atomic E-state index is 16.3. The lowest BCUT2D eigenvalue weighted by Crippen LogP contribution is -2.52. The summed E-state index contributed by atoms with van der Waals surface area (Å²) >= 11 is 0. The Morgan fingerprint density at radius 2 is 1.61 bits per heavy atom. The van der Waals surface area contributed by atoms with E-state index in [9.17, 15) is 23.2 Å². The normalized spacial score (nSPS) is 25.5. The van der Waals surface area contributed by atoms with Gasteiger partial charge in [-0.15, -0.1) is 0 Å². The number of benzene rings is 3. The Kier molecular flexibility index (Phi) is 10.7. The molecule has 3 saturated heterocycles. The second-order valence-electron chi connectivity index (χ2n) is 18.4. The van der Waals surface area contributed by atoms with Crippen molar-refractivity contribution in [1.82, 2.24) is 29.9 Å². The van der Waals surface area contributed by atoms with Gasteiger partial charge in [0.1, 0.15) is 17.7 Å². The summed E-state index contributed by atoms with van der Waals surface area (Å²) in [7, 11) is 0. The maximum atomic E-state index is 16.3. The van der Waals surface area contributed by atoms with Crippen LogP contribution >= 0.6 is 0 Å². The number of fused-ring (bicyclic) bond motifs is 5. The van der Waals surface area contributed by atoms with Gasteiger partial charge >= 0.3 is 0 Å². The quantitative estimate of drug-likeness (QED) is 0.138. The number of halogens is 4. The molecule has 3 fully saturated rings. The number of piperidine rings is 2. The lowest BCUT2D eigenvalue weighted by molar-refractivity contribution is -0.136. The van der Waals surface area contributed by atoms with E-state index in [0.717, 1.165) is 92.4 Å². The minimum absolute atomic E-state index is 0. The Morgan fingerprint density at radius 1 is 0.887 bits per heavy atom. The second-order valence-corrected chi connectivity index (χ2v) is 18.4. The van der Waals surface area contributed by atoms with Gasteiger partial charge in [-0.2, -0.15) is 0 Å². The molecule has 330 valence electrons. The summed E-state index contributed by atoms with van der Waals surface area (Å²) in [5.41, 5.74) is 6.80. The number of nitrogens with one attached hydrogen (secondary N) is 2. The van der Waals surface area contributed by atoms with Gasteiger partial charge in [0.05, 0.1) is 12.6 Å². The number of aromatic amines is 1. The highest BCUT2D eigenvalue weighted by atomic mass is 19.3. The fourth-order valence-corrected chi connectivity index (χ4v) is 11.5. The highest BCUT2D eigenvalue weighted by Crippen LogP contribution is 2.44. The first kappa shape index (κ1) is 41.0. The highest BCUT2D eigenvalue weighted by molar-refractivity contribution is 6.12. The lowest BCUT2D eigenvalue weighted by atomic mass is 9.88. The first-order valence-corrected chi connectivity index (χ1v) is 22.3. The largest absolute Gasteiger partial charge is 0.371 e. The van der Waals surface area contributed by atoms with Gasteiger partial charge in [0.15, 0.2) is 0 Å². The Bertz CT molecular complexity index is 2410. The summed E-state index contributed by atoms with van der Waals surface area (Å²) in [6.45, 7) is 11.4. The minimum atomic E-state index is -2.66. The van der Waals surface area contributed by atoms with Crippen LogP contribution in [0.25, 0.3) is 16.6 Å². The van der Waals surface area contributed by atoms with Crippen molar-refractivity contribution in [2.24, 2.45) is 5.92 Å². The van der Waals surface area contributed by atoms with Gasteiger partial charge in [0.2, 0.25) is 11.8 Å². The fourth-order valence-electron chi connectivity index (χ4n) is 11.5. The van der Waals surface area contributed by atoms with E-state index in [4.69, 9.17) is 0 Å². The molecule has 0 bridgehead atoms. The predicted molar refractivity (Wildman–Crippen MR) is 233 cm³/mol. The molecule has 62 heavy (non-hydrogen) atoms. The maximum Gasteiger partial charge on any atom is 0.259 e. The van der Waals surface area contributed by atoms with E-state index in [-0.39, 0.29) is 39.1 Å². The van der Waals surface area contributed by atoms with Gasteiger partial charge in [0.25, 0.3) is 12.3 Å². The van der Waals surface area contributed by atoms with Crippen LogP contribution in [0.2, 0.25) is 0 Å². The molecule has 0 radical (unpaired) electrons. The third-order valence-corrected chi connectivity index (χ3v) is 14.7. The number of hydrogen-bond donors (Lipinski definition) is 2. The number of imide groups is 1. The highest BCUT2D eigenvalue weighted by Gasteiger charge is 2.43. The van der Waals surface area contributed by atoms with E-state index in [1.165, 1.54) is 27.5 Å². The zero-order valence-electron chi connectivity index (χ0n) is 35.1. The Balaban J connectivity index is 0.00000280. The molecule has 0 aliphatic carbocycles. The van der Waals surface area contributed by atoms with Crippen LogP contribution in [0.5, 0.6) is 0 Å². The third kappa shape index (κ3) is 7.31. The number of carbonyl (C=O) groups is 3. The number of aromatic nitrogens is 1. The van der Waals surface area contributed by atoms with Gasteiger partial charge < -0.3 is 14.8 Å². The van der Waals surface area contributed by atoms with E-state index in [0.29, 0.717) is 54.1 Å². The zero-order chi connectivity index (χ0) is 43.0. The van der Waals surface area contributed by atoms with Crippen molar-refractivity contribution in [1.29, 1.82) is 0 Å². The van der Waals surface area contributed by atoms with Crippen LogP contribution < -0.4 is 10.2 Å². The fraction of sp³-hybridized carbons (Fsp3) is 0.479. The molecule has 14 heteroatoms. The monoisotopic (exact) mass is 855 g/mol. The van der Waals surface area contributed by atoms with E-state index < -0.39 is 42.6 Å². The Labute approximate surface area is 361 Å². The second kappa shape index (κ2) is 16.3. The van der Waals surface area contributed by atoms with Crippen molar-refractivity contribution in [3.05, 3.63) is 106 Å². The Hall–Kier alpha value is -5.05. The standard InChI is InChI=1S/C48H53F4N7O3.2H2/c1-27-18-36-34-7-3-4-8-40(34)53-45(36)46(58(27)26-42(51)52)44-38(49)21-33(22-39(44)50)56-16-11-29(12-17-56)23-55-14-5-6-32(13-15-55)57-24-30-19-35-28(2)59(41-9-10-43(60)54-47(41)61)48(62)37(35)20-31(30)25-57;;/h3-4,7-8,19-22,27,29,32,41-42,46,53H,2,5-6,9-18,23-26H2,1H3,(H,54,60,61);2*1H/t27-,32?,41?,46-;;/m1../s1. The van der Waals surface area contributed by atoms with Crippen molar-refractivity contribution in [2.45, 2.75) is 102 Å². The molecule has 7 heterocycles. The van der Waals surface area contributed by atoms with Crippen LogP contribution in [0.4, 0.5) is 23.2 Å². The smallest absolute Gasteiger partial charge is 0.259 e. The lowest BCUT2D eigenvalue weighted by Gasteiger charge is -2.41. The van der Waals surface area contributed by atoms with Crippen LogP contribution in [-0.2, 0) is 29.1 Å². The predicted octanol–water partition coefficient (Wildman–Crippen LogP) is 7.86. The summed E-state index contributed by atoms with van der Waals surface area (Å²) in [5.74, 6) is -1.97. The number of hydrogen-bond acceptors (Lipinski definition) is 7. The number of amides is 3. The molecule has 4 atom stereocenters. The van der Waals surface area contributed by atoms with E-state index >= 15 is 8.78 Å². The average molecular weight is 856 g/mol. The third-order valence-electron chi connectivity index (χ3n) is 14.7. The van der Waals surface area contributed by atoms with Gasteiger partial charge in [-0.05, 0) is 118 Å². The van der Waals surface area contributed by atoms with Crippen LogP contribution in [0.15, 0.2) is 55.1 Å². The van der Waals surface area contributed by atoms with E-state index in [1.54, 1.807) is 0 Å². The number of para-hydroxylation sites is 1. The first-order chi connectivity index (χ1) is 29.9. The van der Waals surface area contributed by atoms with Crippen LogP contribution in [0.1, 0.15) is 105 Å². The van der Waals surface area contributed by atoms with Gasteiger partial charge in [-0.3, -0.25) is 34.4 Å². The van der Waals surface area contributed by atoms with Crippen molar-refractivity contribution >= 4 is 40.0 Å². The molecule has 6 aliphatic heterocycles. The summed E-state index contributed by atoms with van der Waals surface area (Å²) in [6.07, 6.45) is 3.36. The number of carbonyl (C=O) groups excluding carboxylic acids is 3. The van der Waals surface area contributed by atoms with E-state index in [1.807, 2.05) is 37.3 Å². The first-order valence-electron chi connectivity index (χ1n) is 22.3. The molecule has 1 aromatic heterocycles. The van der Waals surface area contributed by atoms with Crippen LogP contribution in [0.3, 0.4) is 0 Å². The molecule has 0 spiro atoms. The molecule has 10 rings (SSSR count). The minimum Gasteiger partial charge on any atom is -0.371 e. The molecule has 4 aromatic rings. The molecular weight excluding hydrogens is 799 g/mol. The number of likely N-dealkylation sites (tertiary alicyclic amines) is 1. The molecule has 0 saturated carbocycles. The summed E-state index contributed by atoms with van der Waals surface area (Å²) in [6, 6.07) is 12.8. The molecule has 10 nitrogen and oxygen atoms in total. The van der Waals surface area contributed by atoms with Crippen molar-refractivity contribution in [2.75, 3.05) is 44.2 Å². The summed E-state index contributed by atoms with van der Waals surface area (Å²) < 4.78 is 60.5. The van der Waals surface area contributed by atoms with Gasteiger partial charge in [0, 0.05) is 98.8 Å². The van der Waals surface area contributed by atoms with Crippen molar-refractivity contribution in [3.8, 4) is 0 Å². The summed E-state index contributed by atoms with van der Waals surface area (Å²) in [4.78, 5) is 51.4. The van der Waals surface area contributed by atoms with Crippen LogP contribution in [-0.4, -0.2) is 106 Å². The molecule has 6 aliphatic rings. The van der Waals surface area contributed by atoms with Gasteiger partial charge in [-0.25, -0.2) is 17.6 Å². The molecule has 3 amide bonds. The van der Waals surface area contributed by atoms with Gasteiger partial charge in [-0.1, -0.05) is 24.8 Å². The van der Waals surface area contributed by atoms with E-state index in [2.05, 4.69) is 37.6 Å². The zero-order valence-corrected chi connectivity index (χ0v) is 35.1.